The maximum absolute atomic E-state index is 13.3. The van der Waals surface area contributed by atoms with Crippen molar-refractivity contribution in [2.75, 3.05) is 0 Å². The summed E-state index contributed by atoms with van der Waals surface area (Å²) in [6.07, 6.45) is 0. The van der Waals surface area contributed by atoms with Gasteiger partial charge in [0.25, 0.3) is 17.1 Å². The zero-order valence-electron chi connectivity index (χ0n) is 20.6. The van der Waals surface area contributed by atoms with E-state index in [1.807, 2.05) is 36.4 Å². The molecule has 3 aromatic rings. The Kier molecular flexibility index (Phi) is 5.89. The van der Waals surface area contributed by atoms with Gasteiger partial charge >= 0.3 is 55.4 Å². The average Bonchev–Trinajstić information content (AvgIpc) is 2.94. The fourth-order valence-corrected chi connectivity index (χ4v) is 4.90. The molecule has 0 unspecified atom stereocenters. The fourth-order valence-electron chi connectivity index (χ4n) is 4.90. The summed E-state index contributed by atoms with van der Waals surface area (Å²) >= 11 is -3.24. The van der Waals surface area contributed by atoms with Gasteiger partial charge in [-0.2, -0.15) is 0 Å². The third kappa shape index (κ3) is 3.79. The molecule has 0 amide bonds. The Hall–Kier alpha value is -1.95. The van der Waals surface area contributed by atoms with Crippen molar-refractivity contribution < 1.29 is 24.2 Å². The van der Waals surface area contributed by atoms with E-state index in [-0.39, 0.29) is 5.84 Å². The number of ether oxygens (including phenoxy) is 3. The molecule has 8 nitrogen and oxygen atoms in total. The van der Waals surface area contributed by atoms with Gasteiger partial charge in [0.05, 0.1) is 5.56 Å². The first-order valence-electron chi connectivity index (χ1n) is 11.7. The van der Waals surface area contributed by atoms with Crippen LogP contribution in [0.15, 0.2) is 48.5 Å². The van der Waals surface area contributed by atoms with Crippen LogP contribution in [0.1, 0.15) is 33.3 Å². The van der Waals surface area contributed by atoms with Gasteiger partial charge in [-0.1, -0.05) is 17.2 Å². The van der Waals surface area contributed by atoms with E-state index in [0.717, 1.165) is 21.2 Å². The first-order chi connectivity index (χ1) is 17.7. The summed E-state index contributed by atoms with van der Waals surface area (Å²) in [6, 6.07) is 14.8. The molecule has 38 heavy (non-hydrogen) atoms. The monoisotopic (exact) mass is 651 g/mol. The van der Waals surface area contributed by atoms with Crippen LogP contribution >= 0.6 is 38.6 Å². The molecule has 0 fully saturated rings. The van der Waals surface area contributed by atoms with Crippen molar-refractivity contribution in [3.05, 3.63) is 59.3 Å². The molecule has 0 bridgehead atoms. The van der Waals surface area contributed by atoms with Crippen LogP contribution in [0.4, 0.5) is 17.1 Å². The topological polar surface area (TPSA) is 82.8 Å². The van der Waals surface area contributed by atoms with E-state index in [1.165, 1.54) is 0 Å². The minimum absolute atomic E-state index is 0.0392. The summed E-state index contributed by atoms with van der Waals surface area (Å²) in [4.78, 5) is 2.08. The van der Waals surface area contributed by atoms with Gasteiger partial charge in [0, 0.05) is 17.3 Å². The molecule has 0 saturated carbocycles. The number of hydrogen-bond acceptors (Lipinski definition) is 6. The molecule has 4 aliphatic rings. The first-order valence-corrected chi connectivity index (χ1v) is 24.4. The Labute approximate surface area is 237 Å². The Morgan fingerprint density at radius 3 is 1.50 bits per heavy atom. The second-order valence-electron chi connectivity index (χ2n) is 10.2. The summed E-state index contributed by atoms with van der Waals surface area (Å²) in [6.45, 7) is 7.10. The van der Waals surface area contributed by atoms with Crippen LogP contribution < -0.4 is 19.1 Å². The van der Waals surface area contributed by atoms with Crippen molar-refractivity contribution >= 4 is 72.5 Å². The molecule has 0 N–H and O–H groups in total. The molecule has 0 atom stereocenters. The molecule has 3 aromatic carbocycles. The summed E-state index contributed by atoms with van der Waals surface area (Å²) in [5.41, 5.74) is 0.912. The predicted octanol–water partition coefficient (Wildman–Crippen LogP) is 8.29. The minimum atomic E-state index is -3.24. The van der Waals surface area contributed by atoms with Gasteiger partial charge in [0.1, 0.15) is 5.54 Å². The van der Waals surface area contributed by atoms with Crippen LogP contribution in [-0.2, 0) is 5.21 Å². The van der Waals surface area contributed by atoms with E-state index in [9.17, 15) is 10.4 Å². The number of rotatable bonds is 1. The second-order valence-corrected chi connectivity index (χ2v) is 32.8. The van der Waals surface area contributed by atoms with Crippen LogP contribution in [-0.4, -0.2) is 37.7 Å². The Morgan fingerprint density at radius 2 is 1.13 bits per heavy atom. The maximum atomic E-state index is 13.3. The van der Waals surface area contributed by atoms with Crippen molar-refractivity contribution in [3.8, 4) is 34.5 Å². The molecule has 7 rings (SSSR count). The van der Waals surface area contributed by atoms with Gasteiger partial charge in [-0.15, -0.1) is 0 Å². The Morgan fingerprint density at radius 1 is 0.763 bits per heavy atom. The van der Waals surface area contributed by atoms with Gasteiger partial charge in [0.15, 0.2) is 40.0 Å². The number of anilines is 3. The Balaban J connectivity index is 0.000000487. The third-order valence-electron chi connectivity index (χ3n) is 7.45. The third-order valence-corrected chi connectivity index (χ3v) is 7.45. The van der Waals surface area contributed by atoms with Gasteiger partial charge in [-0.05, 0) is 56.9 Å². The van der Waals surface area contributed by atoms with E-state index in [2.05, 4.69) is 4.90 Å². The van der Waals surface area contributed by atoms with Crippen LogP contribution in [0.2, 0.25) is 0 Å². The molecule has 4 heterocycles. The zero-order chi connectivity index (χ0) is 27.4. The molecular weight excluding hydrogens is 634 g/mol. The molecule has 13 heteroatoms. The number of hydrogen-bond donors (Lipinski definition) is 0. The molecule has 0 saturated heterocycles. The molecule has 0 spiro atoms. The summed E-state index contributed by atoms with van der Waals surface area (Å²) in [7, 11) is 20.1. The molecule has 4 aliphatic heterocycles. The number of benzene rings is 3. The van der Waals surface area contributed by atoms with Gasteiger partial charge in [-0.25, -0.2) is 0 Å². The molecule has 2 radical (unpaired) electrons. The van der Waals surface area contributed by atoms with Crippen LogP contribution in [0, 0.1) is 5.21 Å². The zero-order valence-corrected chi connectivity index (χ0v) is 26.0. The Bertz CT molecular complexity index is 1470. The van der Waals surface area contributed by atoms with Crippen molar-refractivity contribution in [3.63, 3.8) is 0 Å². The van der Waals surface area contributed by atoms with Crippen LogP contribution in [0.5, 0.6) is 34.5 Å². The van der Waals surface area contributed by atoms with E-state index in [4.69, 9.17) is 52.8 Å². The normalized spacial score (nSPS) is 19.0. The molecule has 196 valence electrons. The number of para-hydroxylation sites is 2. The first kappa shape index (κ1) is 26.3. The molecule has 0 aromatic heterocycles. The van der Waals surface area contributed by atoms with E-state index in [1.54, 1.807) is 39.8 Å². The van der Waals surface area contributed by atoms with E-state index >= 15 is 0 Å². The summed E-state index contributed by atoms with van der Waals surface area (Å²) in [5, 5.41) is 27.4. The number of amidine groups is 1. The van der Waals surface area contributed by atoms with E-state index < -0.39 is 22.1 Å². The quantitative estimate of drug-likeness (QED) is 0.101. The summed E-state index contributed by atoms with van der Waals surface area (Å²) < 4.78 is 19.5. The fraction of sp³-hybridized carbons (Fsp3) is 0.240. The van der Waals surface area contributed by atoms with Gasteiger partial charge in [0.2, 0.25) is 0 Å². The van der Waals surface area contributed by atoms with Crippen molar-refractivity contribution in [1.82, 2.24) is 9.96 Å². The number of hydroxylamine groups is 3. The van der Waals surface area contributed by atoms with Crippen molar-refractivity contribution in [1.29, 1.82) is 0 Å². The van der Waals surface area contributed by atoms with Crippen LogP contribution in [0.25, 0.3) is 0 Å². The second kappa shape index (κ2) is 8.52. The number of halogens is 4. The SMILES string of the molecule is CC1(C)N([O])C(c2cc3c4c(c2)Oc2cccc5c2[N+]4c2c(cccc2O3)O5)=[N+]([O-])C1(C)C.[Cl][Ga-]([Cl])([Cl])[Cl]. The van der Waals surface area contributed by atoms with Crippen molar-refractivity contribution in [2.24, 2.45) is 0 Å². The standard InChI is InChI=1S/C25H20N3O5.4ClH.Ga/c1-24(2)25(3,4)28(30)23(27(24)29)13-11-18-22-19(12-13)33-17-10-6-8-15-21(17)26(22)20-14(31-15)7-5-9-16(20)32-18;;;;;/h5-12H,1-4H3;4*1H;/q+1;;;;;+3/p-4. The van der Waals surface area contributed by atoms with Crippen molar-refractivity contribution in [2.45, 2.75) is 38.8 Å². The summed E-state index contributed by atoms with van der Waals surface area (Å²) in [5.74, 6) is 3.67. The van der Waals surface area contributed by atoms with Crippen LogP contribution in [0.3, 0.4) is 0 Å². The van der Waals surface area contributed by atoms with Gasteiger partial charge < -0.3 is 19.4 Å². The van der Waals surface area contributed by atoms with Gasteiger partial charge in [-0.3, -0.25) is 4.74 Å². The predicted molar refractivity (Wildman–Crippen MR) is 148 cm³/mol. The average molecular weight is 654 g/mol. The number of nitrogens with zero attached hydrogens (tertiary/aromatic N) is 3. The molecular formula is C25H20Cl4GaN3O5. The van der Waals surface area contributed by atoms with E-state index in [0.29, 0.717) is 45.7 Å². The molecule has 0 aliphatic carbocycles.